The SMILES string of the molecule is CCC(C)(CC)C(=O)/C=C(\O)C(C)(CC)CC.Cc1sc2cc(-c3ncnc(-c4[c-]c5ccsc5c(C(C)(C)C)c4)c3S)ccc2c1CC(C)C.[Ir]. The zero-order valence-corrected chi connectivity index (χ0v) is 38.0. The number of aliphatic hydroxyl groups excluding tert-OH is 1. The van der Waals surface area contributed by atoms with Gasteiger partial charge >= 0.3 is 0 Å². The molecule has 0 aliphatic carbocycles. The number of rotatable bonds is 11. The average Bonchev–Trinajstić information content (AvgIpc) is 3.69. The van der Waals surface area contributed by atoms with Gasteiger partial charge in [-0.25, -0.2) is 4.98 Å². The second kappa shape index (κ2) is 17.9. The molecule has 0 amide bonds. The van der Waals surface area contributed by atoms with E-state index < -0.39 is 0 Å². The molecule has 1 N–H and O–H groups in total. The van der Waals surface area contributed by atoms with Crippen molar-refractivity contribution in [1.82, 2.24) is 9.97 Å². The van der Waals surface area contributed by atoms with Crippen LogP contribution in [0.2, 0.25) is 0 Å². The van der Waals surface area contributed by atoms with Crippen LogP contribution in [-0.2, 0) is 36.7 Å². The van der Waals surface area contributed by atoms with Gasteiger partial charge in [0.15, 0.2) is 5.78 Å². The van der Waals surface area contributed by atoms with Crippen LogP contribution in [0.25, 0.3) is 42.7 Å². The van der Waals surface area contributed by atoms with Crippen LogP contribution in [0.15, 0.2) is 58.8 Å². The van der Waals surface area contributed by atoms with Crippen molar-refractivity contribution in [2.24, 2.45) is 16.7 Å². The Kier molecular flexibility index (Phi) is 15.1. The zero-order chi connectivity index (χ0) is 37.9. The number of nitrogens with zero attached hydrogens (tertiary/aromatic N) is 2. The largest absolute Gasteiger partial charge is 0.512 e. The van der Waals surface area contributed by atoms with Gasteiger partial charge in [-0.15, -0.1) is 47.6 Å². The molecule has 0 aliphatic rings. The van der Waals surface area contributed by atoms with Crippen molar-refractivity contribution in [2.75, 3.05) is 0 Å². The van der Waals surface area contributed by atoms with Crippen LogP contribution in [0.1, 0.15) is 118 Å². The van der Waals surface area contributed by atoms with Crippen LogP contribution < -0.4 is 0 Å². The third-order valence-electron chi connectivity index (χ3n) is 10.8. The summed E-state index contributed by atoms with van der Waals surface area (Å²) in [7, 11) is 0. The minimum Gasteiger partial charge on any atom is -0.512 e. The summed E-state index contributed by atoms with van der Waals surface area (Å²) >= 11 is 8.59. The van der Waals surface area contributed by atoms with E-state index in [0.29, 0.717) is 5.92 Å². The summed E-state index contributed by atoms with van der Waals surface area (Å²) < 4.78 is 2.60. The summed E-state index contributed by atoms with van der Waals surface area (Å²) in [5, 5.41) is 14.8. The first kappa shape index (κ1) is 44.0. The van der Waals surface area contributed by atoms with Crippen molar-refractivity contribution in [1.29, 1.82) is 0 Å². The molecule has 0 unspecified atom stereocenters. The van der Waals surface area contributed by atoms with Gasteiger partial charge in [-0.05, 0) is 77.5 Å². The second-order valence-electron chi connectivity index (χ2n) is 15.8. The summed E-state index contributed by atoms with van der Waals surface area (Å²) in [6.07, 6.45) is 7.52. The fourth-order valence-electron chi connectivity index (χ4n) is 6.24. The number of allylic oxidation sites excluding steroid dienone is 2. The normalized spacial score (nSPS) is 12.6. The maximum Gasteiger partial charge on any atom is 0.164 e. The summed E-state index contributed by atoms with van der Waals surface area (Å²) in [5.41, 5.74) is 5.95. The van der Waals surface area contributed by atoms with Gasteiger partial charge in [0.1, 0.15) is 12.1 Å². The molecule has 8 heteroatoms. The number of carbonyl (C=O) groups excluding carboxylic acids is 1. The molecule has 1 radical (unpaired) electrons. The summed E-state index contributed by atoms with van der Waals surface area (Å²) in [5.74, 6) is 0.924. The van der Waals surface area contributed by atoms with Crippen molar-refractivity contribution in [3.63, 3.8) is 0 Å². The van der Waals surface area contributed by atoms with Crippen molar-refractivity contribution in [3.05, 3.63) is 75.9 Å². The predicted molar refractivity (Wildman–Crippen MR) is 225 cm³/mol. The van der Waals surface area contributed by atoms with Gasteiger partial charge in [0, 0.05) is 62.7 Å². The van der Waals surface area contributed by atoms with Crippen molar-refractivity contribution in [2.45, 2.75) is 125 Å². The van der Waals surface area contributed by atoms with Gasteiger partial charge < -0.3 is 5.11 Å². The van der Waals surface area contributed by atoms with Crippen LogP contribution >= 0.6 is 35.3 Å². The van der Waals surface area contributed by atoms with Gasteiger partial charge in [-0.2, -0.15) is 11.3 Å². The van der Waals surface area contributed by atoms with Gasteiger partial charge in [-0.1, -0.05) is 99.4 Å². The number of thiol groups is 1. The number of hydrogen-bond donors (Lipinski definition) is 2. The number of carbonyl (C=O) groups is 1. The average molecular weight is 934 g/mol. The number of fused-ring (bicyclic) bond motifs is 2. The molecule has 4 nitrogen and oxygen atoms in total. The molecule has 5 rings (SSSR count). The Morgan fingerprint density at radius 2 is 1.56 bits per heavy atom. The first-order valence-electron chi connectivity index (χ1n) is 18.4. The van der Waals surface area contributed by atoms with Gasteiger partial charge in [0.05, 0.1) is 5.69 Å². The van der Waals surface area contributed by atoms with E-state index in [4.69, 9.17) is 12.6 Å². The minimum atomic E-state index is -0.337. The Labute approximate surface area is 339 Å². The molecular formula is C44H57IrN2O2S3-. The number of hydrogen-bond acceptors (Lipinski definition) is 7. The van der Waals surface area contributed by atoms with Gasteiger partial charge in [-0.3, -0.25) is 9.78 Å². The van der Waals surface area contributed by atoms with E-state index >= 15 is 0 Å². The number of ketones is 1. The number of benzene rings is 2. The number of aliphatic hydroxyl groups is 1. The maximum atomic E-state index is 12.2. The van der Waals surface area contributed by atoms with Crippen LogP contribution in [0.3, 0.4) is 0 Å². The topological polar surface area (TPSA) is 63.1 Å². The first-order chi connectivity index (χ1) is 23.9. The monoisotopic (exact) mass is 934 g/mol. The van der Waals surface area contributed by atoms with Crippen molar-refractivity contribution < 1.29 is 30.0 Å². The fourth-order valence-corrected chi connectivity index (χ4v) is 8.82. The molecule has 0 fully saturated rings. The summed E-state index contributed by atoms with van der Waals surface area (Å²) in [6.45, 7) is 25.6. The van der Waals surface area contributed by atoms with Crippen LogP contribution in [-0.4, -0.2) is 20.9 Å². The number of thiophene rings is 2. The first-order valence-corrected chi connectivity index (χ1v) is 20.5. The standard InChI is InChI=1S/C29H29N2S3.C15H28O2.Ir/c1-16(2)11-22-17(3)34-24-14-18(7-8-21(22)24)25-27(32)26(31-15-30-25)20-12-19-9-10-33-28(19)23(13-20)29(4,5)6;1-7-14(5,8-2)12(16)11-13(17)15(6,9-3)10-4;/h7-10,13-16,32H,11H2,1-6H3;11,16H,7-10H2,1-6H3;/q-1;;/b;12-11-;. The van der Waals surface area contributed by atoms with Gasteiger partial charge in [0.2, 0.25) is 0 Å². The molecule has 0 saturated carbocycles. The molecule has 0 saturated heterocycles. The molecule has 0 atom stereocenters. The predicted octanol–water partition coefficient (Wildman–Crippen LogP) is 13.8. The van der Waals surface area contributed by atoms with E-state index in [1.165, 1.54) is 36.9 Å². The Morgan fingerprint density at radius 1 is 0.942 bits per heavy atom. The third-order valence-corrected chi connectivity index (χ3v) is 13.3. The Morgan fingerprint density at radius 3 is 2.13 bits per heavy atom. The molecule has 283 valence electrons. The second-order valence-corrected chi connectivity index (χ2v) is 18.4. The Balaban J connectivity index is 0.000000347. The van der Waals surface area contributed by atoms with Crippen molar-refractivity contribution in [3.8, 4) is 22.5 Å². The molecule has 2 aromatic carbocycles. The number of aryl methyl sites for hydroxylation is 1. The fraction of sp³-hybridized carbons (Fsp3) is 0.477. The van der Waals surface area contributed by atoms with Crippen LogP contribution in [0.4, 0.5) is 0 Å². The van der Waals surface area contributed by atoms with E-state index in [2.05, 4.69) is 93.3 Å². The van der Waals surface area contributed by atoms with E-state index in [1.54, 1.807) is 17.7 Å². The molecule has 0 aliphatic heterocycles. The quantitative estimate of drug-likeness (QED) is 0.0599. The summed E-state index contributed by atoms with van der Waals surface area (Å²) in [4.78, 5) is 23.7. The molecule has 0 bridgehead atoms. The Bertz CT molecular complexity index is 2020. The zero-order valence-electron chi connectivity index (χ0n) is 33.1. The molecule has 0 spiro atoms. The van der Waals surface area contributed by atoms with E-state index in [9.17, 15) is 9.90 Å². The van der Waals surface area contributed by atoms with Gasteiger partial charge in [0.25, 0.3) is 0 Å². The maximum absolute atomic E-state index is 12.2. The summed E-state index contributed by atoms with van der Waals surface area (Å²) in [6, 6.07) is 14.6. The Hall–Kier alpha value is -2.35. The van der Waals surface area contributed by atoms with E-state index in [-0.39, 0.29) is 47.9 Å². The van der Waals surface area contributed by atoms with E-state index in [0.717, 1.165) is 64.9 Å². The van der Waals surface area contributed by atoms with Crippen molar-refractivity contribution >= 4 is 61.3 Å². The molecule has 3 heterocycles. The molecular weight excluding hydrogens is 877 g/mol. The van der Waals surface area contributed by atoms with E-state index in [1.807, 2.05) is 52.9 Å². The van der Waals surface area contributed by atoms with Crippen LogP contribution in [0.5, 0.6) is 0 Å². The third kappa shape index (κ3) is 9.47. The molecule has 5 aromatic rings. The molecule has 3 aromatic heterocycles. The number of aromatic nitrogens is 2. The minimum absolute atomic E-state index is 0. The molecule has 52 heavy (non-hydrogen) atoms. The smallest absolute Gasteiger partial charge is 0.164 e. The van der Waals surface area contributed by atoms with Crippen LogP contribution in [0, 0.1) is 29.7 Å².